The van der Waals surface area contributed by atoms with Gasteiger partial charge in [-0.05, 0) is 19.8 Å². The molecular weight excluding hydrogens is 284 g/mol. The highest BCUT2D eigenvalue weighted by Crippen LogP contribution is 2.14. The standard InChI is InChI=1S/C15H28N4O3/c1-12(14(20)18-5-3-4-6-18)17-7-9-19(10-8-17)15(21)13(16)11-22-2/h12-13H,3-11,16H2,1-2H3. The fraction of sp³-hybridized carbons (Fsp3) is 0.867. The Labute approximate surface area is 132 Å². The summed E-state index contributed by atoms with van der Waals surface area (Å²) in [6, 6.07) is -0.705. The van der Waals surface area contributed by atoms with Gasteiger partial charge in [-0.3, -0.25) is 14.5 Å². The van der Waals surface area contributed by atoms with Crippen LogP contribution < -0.4 is 5.73 Å². The molecule has 2 unspecified atom stereocenters. The third-order valence-electron chi connectivity index (χ3n) is 4.61. The zero-order chi connectivity index (χ0) is 16.1. The predicted octanol–water partition coefficient (Wildman–Crippen LogP) is -0.885. The summed E-state index contributed by atoms with van der Waals surface area (Å²) in [5, 5.41) is 0. The summed E-state index contributed by atoms with van der Waals surface area (Å²) in [5.41, 5.74) is 5.79. The maximum atomic E-state index is 12.4. The average Bonchev–Trinajstić information content (AvgIpc) is 3.07. The molecule has 0 radical (unpaired) electrons. The number of nitrogens with two attached hydrogens (primary N) is 1. The number of carbonyl (C=O) groups excluding carboxylic acids is 2. The van der Waals surface area contributed by atoms with E-state index in [-0.39, 0.29) is 24.5 Å². The van der Waals surface area contributed by atoms with Gasteiger partial charge in [0.1, 0.15) is 6.04 Å². The molecule has 126 valence electrons. The first-order valence-electron chi connectivity index (χ1n) is 8.10. The van der Waals surface area contributed by atoms with Gasteiger partial charge in [-0.25, -0.2) is 0 Å². The summed E-state index contributed by atoms with van der Waals surface area (Å²) >= 11 is 0. The van der Waals surface area contributed by atoms with Gasteiger partial charge in [0.2, 0.25) is 11.8 Å². The lowest BCUT2D eigenvalue weighted by Gasteiger charge is -2.39. The predicted molar refractivity (Wildman–Crippen MR) is 83.3 cm³/mol. The molecule has 2 heterocycles. The van der Waals surface area contributed by atoms with Crippen LogP contribution in [0.2, 0.25) is 0 Å². The first-order chi connectivity index (χ1) is 10.5. The van der Waals surface area contributed by atoms with Crippen LogP contribution in [0.25, 0.3) is 0 Å². The van der Waals surface area contributed by atoms with Crippen molar-refractivity contribution in [3.63, 3.8) is 0 Å². The van der Waals surface area contributed by atoms with Crippen LogP contribution in [0.1, 0.15) is 19.8 Å². The Balaban J connectivity index is 1.81. The first kappa shape index (κ1) is 17.2. The highest BCUT2D eigenvalue weighted by atomic mass is 16.5. The Morgan fingerprint density at radius 3 is 2.09 bits per heavy atom. The minimum absolute atomic E-state index is 0.0694. The van der Waals surface area contributed by atoms with Crippen LogP contribution in [0.5, 0.6) is 0 Å². The fourth-order valence-corrected chi connectivity index (χ4v) is 3.17. The number of hydrogen-bond acceptors (Lipinski definition) is 5. The number of piperazine rings is 1. The lowest BCUT2D eigenvalue weighted by atomic mass is 10.2. The van der Waals surface area contributed by atoms with E-state index >= 15 is 0 Å². The van der Waals surface area contributed by atoms with Gasteiger partial charge in [-0.2, -0.15) is 0 Å². The molecule has 0 saturated carbocycles. The first-order valence-corrected chi connectivity index (χ1v) is 8.10. The second-order valence-corrected chi connectivity index (χ2v) is 6.13. The molecule has 0 aromatic heterocycles. The molecule has 2 rings (SSSR count). The molecule has 0 spiro atoms. The van der Waals surface area contributed by atoms with Gasteiger partial charge in [0.15, 0.2) is 0 Å². The second-order valence-electron chi connectivity index (χ2n) is 6.13. The lowest BCUT2D eigenvalue weighted by Crippen LogP contribution is -2.57. The van der Waals surface area contributed by atoms with Crippen molar-refractivity contribution in [1.82, 2.24) is 14.7 Å². The minimum Gasteiger partial charge on any atom is -0.383 e. The number of methoxy groups -OCH3 is 1. The average molecular weight is 312 g/mol. The third-order valence-corrected chi connectivity index (χ3v) is 4.61. The van der Waals surface area contributed by atoms with Crippen molar-refractivity contribution in [3.8, 4) is 0 Å². The molecule has 2 saturated heterocycles. The molecule has 2 fully saturated rings. The van der Waals surface area contributed by atoms with E-state index in [0.29, 0.717) is 26.2 Å². The molecule has 0 aliphatic carbocycles. The Morgan fingerprint density at radius 2 is 1.55 bits per heavy atom. The number of likely N-dealkylation sites (tertiary alicyclic amines) is 1. The topological polar surface area (TPSA) is 79.1 Å². The van der Waals surface area contributed by atoms with E-state index in [1.807, 2.05) is 11.8 Å². The number of ether oxygens (including phenoxy) is 1. The lowest BCUT2D eigenvalue weighted by molar-refractivity contribution is -0.139. The largest absolute Gasteiger partial charge is 0.383 e. The number of amides is 2. The molecule has 7 heteroatoms. The minimum atomic E-state index is -0.597. The Morgan fingerprint density at radius 1 is 1.00 bits per heavy atom. The summed E-state index contributed by atoms with van der Waals surface area (Å²) in [5.74, 6) is 0.147. The molecule has 22 heavy (non-hydrogen) atoms. The molecule has 2 aliphatic heterocycles. The van der Waals surface area contributed by atoms with Gasteiger partial charge in [0, 0.05) is 46.4 Å². The molecule has 2 atom stereocenters. The molecule has 0 bridgehead atoms. The van der Waals surface area contributed by atoms with Crippen molar-refractivity contribution in [2.75, 3.05) is 53.0 Å². The van der Waals surface area contributed by atoms with E-state index in [1.165, 1.54) is 7.11 Å². The summed E-state index contributed by atoms with van der Waals surface area (Å²) in [6.45, 7) is 6.64. The van der Waals surface area contributed by atoms with Crippen LogP contribution >= 0.6 is 0 Å². The van der Waals surface area contributed by atoms with Gasteiger partial charge in [-0.1, -0.05) is 0 Å². The highest BCUT2D eigenvalue weighted by Gasteiger charge is 2.31. The smallest absolute Gasteiger partial charge is 0.241 e. The molecule has 2 amide bonds. The SMILES string of the molecule is COCC(N)C(=O)N1CCN(C(C)C(=O)N2CCCC2)CC1. The quantitative estimate of drug-likeness (QED) is 0.713. The molecule has 2 aliphatic rings. The zero-order valence-corrected chi connectivity index (χ0v) is 13.7. The number of hydrogen-bond donors (Lipinski definition) is 1. The molecular formula is C15H28N4O3. The molecule has 0 aromatic carbocycles. The third kappa shape index (κ3) is 3.97. The highest BCUT2D eigenvalue weighted by molar-refractivity contribution is 5.82. The van der Waals surface area contributed by atoms with Crippen LogP contribution in [0, 0.1) is 0 Å². The summed E-state index contributed by atoms with van der Waals surface area (Å²) in [7, 11) is 1.54. The van der Waals surface area contributed by atoms with E-state index in [9.17, 15) is 9.59 Å². The van der Waals surface area contributed by atoms with Crippen LogP contribution in [0.15, 0.2) is 0 Å². The fourth-order valence-electron chi connectivity index (χ4n) is 3.17. The van der Waals surface area contributed by atoms with E-state index in [2.05, 4.69) is 4.90 Å². The maximum absolute atomic E-state index is 12.4. The van der Waals surface area contributed by atoms with Gasteiger partial charge in [0.05, 0.1) is 12.6 Å². The van der Waals surface area contributed by atoms with Crippen LogP contribution in [-0.2, 0) is 14.3 Å². The summed E-state index contributed by atoms with van der Waals surface area (Å²) < 4.78 is 4.93. The maximum Gasteiger partial charge on any atom is 0.241 e. The van der Waals surface area contributed by atoms with E-state index in [0.717, 1.165) is 25.9 Å². The molecule has 7 nitrogen and oxygen atoms in total. The Hall–Kier alpha value is -1.18. The molecule has 0 aromatic rings. The van der Waals surface area contributed by atoms with E-state index < -0.39 is 6.04 Å². The zero-order valence-electron chi connectivity index (χ0n) is 13.7. The van der Waals surface area contributed by atoms with Crippen LogP contribution in [0.4, 0.5) is 0 Å². The van der Waals surface area contributed by atoms with Gasteiger partial charge < -0.3 is 20.3 Å². The number of nitrogens with zero attached hydrogens (tertiary/aromatic N) is 3. The van der Waals surface area contributed by atoms with Gasteiger partial charge in [0.25, 0.3) is 0 Å². The van der Waals surface area contributed by atoms with E-state index in [1.54, 1.807) is 4.90 Å². The van der Waals surface area contributed by atoms with Crippen LogP contribution in [-0.4, -0.2) is 91.6 Å². The Bertz CT molecular complexity index is 390. The van der Waals surface area contributed by atoms with Crippen molar-refractivity contribution >= 4 is 11.8 Å². The van der Waals surface area contributed by atoms with Crippen LogP contribution in [0.3, 0.4) is 0 Å². The normalized spacial score (nSPS) is 22.7. The van der Waals surface area contributed by atoms with Gasteiger partial charge >= 0.3 is 0 Å². The van der Waals surface area contributed by atoms with Crippen molar-refractivity contribution in [3.05, 3.63) is 0 Å². The van der Waals surface area contributed by atoms with E-state index in [4.69, 9.17) is 10.5 Å². The van der Waals surface area contributed by atoms with Crippen molar-refractivity contribution in [1.29, 1.82) is 0 Å². The van der Waals surface area contributed by atoms with Crippen molar-refractivity contribution < 1.29 is 14.3 Å². The second kappa shape index (κ2) is 7.89. The van der Waals surface area contributed by atoms with Crippen molar-refractivity contribution in [2.45, 2.75) is 31.8 Å². The Kier molecular flexibility index (Phi) is 6.16. The number of rotatable bonds is 5. The number of carbonyl (C=O) groups is 2. The monoisotopic (exact) mass is 312 g/mol. The summed E-state index contributed by atoms with van der Waals surface area (Å²) in [4.78, 5) is 30.4. The van der Waals surface area contributed by atoms with Gasteiger partial charge in [-0.15, -0.1) is 0 Å². The molecule has 2 N–H and O–H groups in total. The van der Waals surface area contributed by atoms with Crippen molar-refractivity contribution in [2.24, 2.45) is 5.73 Å². The summed E-state index contributed by atoms with van der Waals surface area (Å²) in [6.07, 6.45) is 2.22.